The van der Waals surface area contributed by atoms with Gasteiger partial charge in [0.25, 0.3) is 5.97 Å². The van der Waals surface area contributed by atoms with Crippen LogP contribution in [-0.4, -0.2) is 16.6 Å². The van der Waals surface area contributed by atoms with E-state index in [4.69, 9.17) is 9.90 Å². The van der Waals surface area contributed by atoms with Crippen LogP contribution in [0.15, 0.2) is 30.3 Å². The van der Waals surface area contributed by atoms with Crippen LogP contribution in [0.2, 0.25) is 0 Å². The van der Waals surface area contributed by atoms with E-state index in [1.54, 1.807) is 0 Å². The standard InChI is InChI=1S/C6H5I.C2H4O2.Na.H2O/c7-6-4-2-1-3-5-6;1-2(3)4;;/h1-5H;1H3,(H,3,4);;1H2/q;;+1;/p-1. The van der Waals surface area contributed by atoms with Gasteiger partial charge in [0, 0.05) is 10.5 Å². The first-order valence-corrected chi connectivity index (χ1v) is 4.11. The molecule has 0 radical (unpaired) electrons. The van der Waals surface area contributed by atoms with Gasteiger partial charge in [-0.15, -0.1) is 0 Å². The molecule has 0 amide bonds. The van der Waals surface area contributed by atoms with Gasteiger partial charge < -0.3 is 10.6 Å². The summed E-state index contributed by atoms with van der Waals surface area (Å²) in [4.78, 5) is 9.00. The van der Waals surface area contributed by atoms with Gasteiger partial charge in [-0.3, -0.25) is 4.79 Å². The van der Waals surface area contributed by atoms with Crippen molar-refractivity contribution in [3.8, 4) is 0 Å². The Kier molecular flexibility index (Phi) is 18.1. The van der Waals surface area contributed by atoms with Crippen molar-refractivity contribution in [2.75, 3.05) is 0 Å². The Morgan fingerprint density at radius 3 is 1.77 bits per heavy atom. The smallest absolute Gasteiger partial charge is 0.870 e. The molecule has 0 aliphatic carbocycles. The maximum absolute atomic E-state index is 9.00. The molecular formula is C8H10INaO3. The molecule has 1 aromatic carbocycles. The van der Waals surface area contributed by atoms with Crippen molar-refractivity contribution in [2.45, 2.75) is 6.92 Å². The summed E-state index contributed by atoms with van der Waals surface area (Å²) in [5.41, 5.74) is 0. The Morgan fingerprint density at radius 1 is 1.31 bits per heavy atom. The number of hydrogen-bond donors (Lipinski definition) is 1. The maximum Gasteiger partial charge on any atom is 1.00 e. The van der Waals surface area contributed by atoms with E-state index in [1.807, 2.05) is 18.2 Å². The number of carbonyl (C=O) groups is 1. The average Bonchev–Trinajstić information content (AvgIpc) is 1.87. The molecule has 3 nitrogen and oxygen atoms in total. The Balaban J connectivity index is -0.000000150. The zero-order valence-electron chi connectivity index (χ0n) is 7.57. The molecule has 0 aliphatic rings. The van der Waals surface area contributed by atoms with Crippen LogP contribution < -0.4 is 29.6 Å². The fraction of sp³-hybridized carbons (Fsp3) is 0.125. The van der Waals surface area contributed by atoms with Gasteiger partial charge in [0.05, 0.1) is 0 Å². The molecule has 1 rings (SSSR count). The molecule has 0 fully saturated rings. The first-order valence-electron chi connectivity index (χ1n) is 3.03. The largest absolute Gasteiger partial charge is 1.00 e. The number of carboxylic acids is 1. The molecular weight excluding hydrogens is 294 g/mol. The van der Waals surface area contributed by atoms with E-state index in [1.165, 1.54) is 3.57 Å². The van der Waals surface area contributed by atoms with Crippen LogP contribution in [-0.2, 0) is 4.79 Å². The van der Waals surface area contributed by atoms with Crippen molar-refractivity contribution in [2.24, 2.45) is 0 Å². The van der Waals surface area contributed by atoms with Gasteiger partial charge in [0.2, 0.25) is 0 Å². The van der Waals surface area contributed by atoms with Crippen LogP contribution in [0.5, 0.6) is 0 Å². The molecule has 2 N–H and O–H groups in total. The van der Waals surface area contributed by atoms with Crippen LogP contribution in [0.3, 0.4) is 0 Å². The van der Waals surface area contributed by atoms with Gasteiger partial charge in [-0.1, -0.05) is 18.2 Å². The zero-order chi connectivity index (χ0) is 8.69. The number of hydrogen-bond acceptors (Lipinski definition) is 2. The predicted molar refractivity (Wildman–Crippen MR) is 54.4 cm³/mol. The molecule has 0 heterocycles. The van der Waals surface area contributed by atoms with E-state index in [9.17, 15) is 0 Å². The topological polar surface area (TPSA) is 67.3 Å². The molecule has 0 bridgehead atoms. The Bertz CT molecular complexity index is 212. The second-order valence-electron chi connectivity index (χ2n) is 1.81. The molecule has 5 heteroatoms. The van der Waals surface area contributed by atoms with Crippen LogP contribution in [0, 0.1) is 3.57 Å². The molecule has 0 atom stereocenters. The molecule has 0 saturated carbocycles. The van der Waals surface area contributed by atoms with Gasteiger partial charge in [-0.25, -0.2) is 0 Å². The van der Waals surface area contributed by atoms with E-state index in [-0.39, 0.29) is 35.0 Å². The number of aliphatic carboxylic acids is 1. The van der Waals surface area contributed by atoms with Gasteiger partial charge in [-0.05, 0) is 34.7 Å². The summed E-state index contributed by atoms with van der Waals surface area (Å²) in [6.45, 7) is 1.08. The minimum atomic E-state index is -0.833. The monoisotopic (exact) mass is 304 g/mol. The second-order valence-corrected chi connectivity index (χ2v) is 3.06. The summed E-state index contributed by atoms with van der Waals surface area (Å²) in [7, 11) is 0. The van der Waals surface area contributed by atoms with Crippen molar-refractivity contribution in [1.29, 1.82) is 0 Å². The predicted octanol–water partition coefficient (Wildman–Crippen LogP) is -0.791. The molecule has 0 saturated heterocycles. The van der Waals surface area contributed by atoms with E-state index in [2.05, 4.69) is 34.7 Å². The average molecular weight is 304 g/mol. The molecule has 0 aliphatic heterocycles. The molecule has 1 aromatic rings. The van der Waals surface area contributed by atoms with Crippen LogP contribution in [0.4, 0.5) is 0 Å². The normalized spacial score (nSPS) is 6.62. The van der Waals surface area contributed by atoms with Gasteiger partial charge in [0.15, 0.2) is 0 Å². The second kappa shape index (κ2) is 12.4. The van der Waals surface area contributed by atoms with Crippen molar-refractivity contribution >= 4 is 28.6 Å². The van der Waals surface area contributed by atoms with E-state index < -0.39 is 5.97 Å². The van der Waals surface area contributed by atoms with E-state index >= 15 is 0 Å². The first kappa shape index (κ1) is 19.0. The van der Waals surface area contributed by atoms with E-state index in [0.29, 0.717) is 0 Å². The van der Waals surface area contributed by atoms with Crippen LogP contribution in [0.25, 0.3) is 0 Å². The zero-order valence-corrected chi connectivity index (χ0v) is 11.7. The SMILES string of the molecule is CC(=O)O.Ic1ccccc1.[Na+].[OH-]. The van der Waals surface area contributed by atoms with Crippen LogP contribution in [0.1, 0.15) is 6.92 Å². The minimum Gasteiger partial charge on any atom is -0.870 e. The Hall–Kier alpha value is 0.380. The minimum absolute atomic E-state index is 0. The Morgan fingerprint density at radius 2 is 1.62 bits per heavy atom. The van der Waals surface area contributed by atoms with Gasteiger partial charge >= 0.3 is 29.6 Å². The van der Waals surface area contributed by atoms with Crippen molar-refractivity contribution in [3.05, 3.63) is 33.9 Å². The fourth-order valence-electron chi connectivity index (χ4n) is 0.415. The Labute approximate surface area is 113 Å². The summed E-state index contributed by atoms with van der Waals surface area (Å²) < 4.78 is 1.29. The van der Waals surface area contributed by atoms with Crippen molar-refractivity contribution in [3.63, 3.8) is 0 Å². The molecule has 0 spiro atoms. The van der Waals surface area contributed by atoms with E-state index in [0.717, 1.165) is 6.92 Å². The van der Waals surface area contributed by atoms with Gasteiger partial charge in [0.1, 0.15) is 0 Å². The molecule has 13 heavy (non-hydrogen) atoms. The fourth-order valence-corrected chi connectivity index (χ4v) is 0.830. The number of halogens is 1. The van der Waals surface area contributed by atoms with Gasteiger partial charge in [-0.2, -0.15) is 0 Å². The third kappa shape index (κ3) is 19.0. The number of rotatable bonds is 0. The first-order chi connectivity index (χ1) is 5.13. The molecule has 0 unspecified atom stereocenters. The van der Waals surface area contributed by atoms with Crippen molar-refractivity contribution < 1.29 is 44.9 Å². The number of carboxylic acid groups (broad SMARTS) is 1. The number of benzene rings is 1. The summed E-state index contributed by atoms with van der Waals surface area (Å²) in [6, 6.07) is 10.2. The van der Waals surface area contributed by atoms with Crippen LogP contribution >= 0.6 is 22.6 Å². The summed E-state index contributed by atoms with van der Waals surface area (Å²) in [5, 5.41) is 7.42. The maximum atomic E-state index is 9.00. The third-order valence-corrected chi connectivity index (χ3v) is 1.45. The summed E-state index contributed by atoms with van der Waals surface area (Å²) in [5.74, 6) is -0.833. The molecule has 0 aromatic heterocycles. The summed E-state index contributed by atoms with van der Waals surface area (Å²) >= 11 is 2.28. The van der Waals surface area contributed by atoms with Crippen molar-refractivity contribution in [1.82, 2.24) is 0 Å². The molecule has 68 valence electrons. The third-order valence-electron chi connectivity index (χ3n) is 0.733. The quantitative estimate of drug-likeness (QED) is 0.504. The summed E-state index contributed by atoms with van der Waals surface area (Å²) in [6.07, 6.45) is 0.